The molecule has 226 valence electrons. The van der Waals surface area contributed by atoms with Gasteiger partial charge in [0.25, 0.3) is 5.69 Å². The summed E-state index contributed by atoms with van der Waals surface area (Å²) in [6, 6.07) is 9.06. The molecule has 6 rings (SSSR count). The molecule has 3 aliphatic heterocycles. The maximum Gasteiger partial charge on any atom is 0.363 e. The number of nitro benzene ring substituents is 1. The first-order valence-electron chi connectivity index (χ1n) is 14.2. The van der Waals surface area contributed by atoms with Gasteiger partial charge in [-0.1, -0.05) is 12.1 Å². The number of carbonyl (C=O) groups is 2. The van der Waals surface area contributed by atoms with Crippen molar-refractivity contribution in [1.29, 1.82) is 0 Å². The summed E-state index contributed by atoms with van der Waals surface area (Å²) in [4.78, 5) is 41.7. The highest BCUT2D eigenvalue weighted by Gasteiger charge is 2.56. The van der Waals surface area contributed by atoms with Crippen LogP contribution in [0.5, 0.6) is 5.75 Å². The summed E-state index contributed by atoms with van der Waals surface area (Å²) >= 11 is 0. The minimum Gasteiger partial charge on any atom is -0.507 e. The standard InChI is InChI=1S/C31H32N2O10/c1-30(2)42-25(21-14-24(35)27-20(31(21,3)43-30)7-6-8-23(27)34)15-22-29(36)41-28(32-22)19-13-18(33(37)38)11-10-17(19)16-40-26-9-4-5-12-39-26/h6-8,10-11,13,15,21,25-26,34H,4-5,9,12,14,16H2,1-3H3/b22-15-. The number of hydrogen-bond donors (Lipinski definition) is 1. The number of phenols is 1. The molecule has 3 heterocycles. The Labute approximate surface area is 247 Å². The molecule has 0 bridgehead atoms. The molecule has 0 radical (unpaired) electrons. The molecular weight excluding hydrogens is 560 g/mol. The number of ether oxygens (including phenoxy) is 5. The van der Waals surface area contributed by atoms with Gasteiger partial charge in [0.2, 0.25) is 5.90 Å². The summed E-state index contributed by atoms with van der Waals surface area (Å²) < 4.78 is 29.7. The van der Waals surface area contributed by atoms with E-state index in [0.29, 0.717) is 17.7 Å². The van der Waals surface area contributed by atoms with Gasteiger partial charge < -0.3 is 28.8 Å². The lowest BCUT2D eigenvalue weighted by molar-refractivity contribution is -0.384. The molecule has 2 aromatic carbocycles. The number of non-ortho nitro benzene ring substituents is 1. The number of fused-ring (bicyclic) bond motifs is 3. The van der Waals surface area contributed by atoms with E-state index in [0.717, 1.165) is 19.3 Å². The molecule has 0 amide bonds. The zero-order valence-corrected chi connectivity index (χ0v) is 24.0. The van der Waals surface area contributed by atoms with E-state index >= 15 is 0 Å². The van der Waals surface area contributed by atoms with Crippen LogP contribution < -0.4 is 0 Å². The van der Waals surface area contributed by atoms with Crippen molar-refractivity contribution in [3.05, 3.63) is 80.5 Å². The minimum absolute atomic E-state index is 0.00712. The predicted octanol–water partition coefficient (Wildman–Crippen LogP) is 4.80. The van der Waals surface area contributed by atoms with Crippen molar-refractivity contribution < 1.29 is 43.3 Å². The van der Waals surface area contributed by atoms with Crippen LogP contribution in [0.2, 0.25) is 0 Å². The molecule has 4 aliphatic rings. The third-order valence-electron chi connectivity index (χ3n) is 8.28. The van der Waals surface area contributed by atoms with Gasteiger partial charge in [-0.25, -0.2) is 9.79 Å². The predicted molar refractivity (Wildman–Crippen MR) is 150 cm³/mol. The van der Waals surface area contributed by atoms with Crippen LogP contribution in [-0.4, -0.2) is 52.5 Å². The number of cyclic esters (lactones) is 1. The van der Waals surface area contributed by atoms with Gasteiger partial charge in [-0.2, -0.15) is 0 Å². The average Bonchev–Trinajstić information content (AvgIpc) is 3.32. The van der Waals surface area contributed by atoms with Crippen molar-refractivity contribution in [2.75, 3.05) is 6.61 Å². The first-order chi connectivity index (χ1) is 20.4. The van der Waals surface area contributed by atoms with Crippen LogP contribution in [-0.2, 0) is 40.7 Å². The number of rotatable bonds is 6. The molecule has 4 unspecified atom stereocenters. The van der Waals surface area contributed by atoms with E-state index in [4.69, 9.17) is 23.7 Å². The van der Waals surface area contributed by atoms with E-state index in [1.807, 2.05) is 6.92 Å². The number of aromatic hydroxyl groups is 1. The van der Waals surface area contributed by atoms with Crippen LogP contribution in [0.15, 0.2) is 53.2 Å². The van der Waals surface area contributed by atoms with Gasteiger partial charge in [-0.05, 0) is 69.4 Å². The number of benzene rings is 2. The Morgan fingerprint density at radius 1 is 1.19 bits per heavy atom. The van der Waals surface area contributed by atoms with Crippen molar-refractivity contribution in [3.63, 3.8) is 0 Å². The summed E-state index contributed by atoms with van der Waals surface area (Å²) in [6.45, 7) is 5.96. The first kappa shape index (κ1) is 29.1. The molecule has 0 spiro atoms. The zero-order valence-electron chi connectivity index (χ0n) is 24.0. The molecule has 2 saturated heterocycles. The summed E-state index contributed by atoms with van der Waals surface area (Å²) in [7, 11) is 0. The number of phenolic OH excluding ortho intramolecular Hbond substituents is 1. The Kier molecular flexibility index (Phi) is 7.41. The fourth-order valence-corrected chi connectivity index (χ4v) is 6.32. The fraction of sp³-hybridized carbons (Fsp3) is 0.452. The highest BCUT2D eigenvalue weighted by molar-refractivity contribution is 6.12. The van der Waals surface area contributed by atoms with Crippen LogP contribution in [0.1, 0.15) is 73.5 Å². The smallest absolute Gasteiger partial charge is 0.363 e. The second kappa shape index (κ2) is 10.9. The van der Waals surface area contributed by atoms with E-state index in [1.165, 1.54) is 24.3 Å². The number of ketones is 1. The van der Waals surface area contributed by atoms with Crippen LogP contribution in [0.25, 0.3) is 0 Å². The van der Waals surface area contributed by atoms with Gasteiger partial charge in [0.05, 0.1) is 23.2 Å². The maximum atomic E-state index is 13.2. The Morgan fingerprint density at radius 2 is 2.00 bits per heavy atom. The van der Waals surface area contributed by atoms with Crippen LogP contribution in [0, 0.1) is 16.0 Å². The van der Waals surface area contributed by atoms with Crippen LogP contribution in [0.3, 0.4) is 0 Å². The highest BCUT2D eigenvalue weighted by atomic mass is 16.7. The molecule has 4 atom stereocenters. The largest absolute Gasteiger partial charge is 0.507 e. The third-order valence-corrected chi connectivity index (χ3v) is 8.28. The van der Waals surface area contributed by atoms with E-state index in [-0.39, 0.29) is 53.0 Å². The van der Waals surface area contributed by atoms with Crippen molar-refractivity contribution in [2.24, 2.45) is 10.9 Å². The van der Waals surface area contributed by atoms with E-state index in [9.17, 15) is 24.8 Å². The third kappa shape index (κ3) is 5.47. The van der Waals surface area contributed by atoms with Gasteiger partial charge in [-0.3, -0.25) is 14.9 Å². The monoisotopic (exact) mass is 592 g/mol. The highest BCUT2D eigenvalue weighted by Crippen LogP contribution is 2.52. The average molecular weight is 593 g/mol. The molecule has 2 aromatic rings. The molecule has 12 heteroatoms. The normalized spacial score (nSPS) is 29.0. The number of nitro groups is 1. The van der Waals surface area contributed by atoms with Crippen LogP contribution >= 0.6 is 0 Å². The second-order valence-electron chi connectivity index (χ2n) is 11.7. The molecular formula is C31H32N2O10. The number of hydrogen-bond acceptors (Lipinski definition) is 11. The lowest BCUT2D eigenvalue weighted by Gasteiger charge is -2.53. The van der Waals surface area contributed by atoms with E-state index < -0.39 is 40.6 Å². The van der Waals surface area contributed by atoms with E-state index in [1.54, 1.807) is 32.0 Å². The number of aliphatic imine (C=N–C) groups is 1. The molecule has 1 aliphatic carbocycles. The Morgan fingerprint density at radius 3 is 2.74 bits per heavy atom. The number of nitrogens with zero attached hydrogens (tertiary/aromatic N) is 2. The molecule has 0 aromatic heterocycles. The quantitative estimate of drug-likeness (QED) is 0.214. The summed E-state index contributed by atoms with van der Waals surface area (Å²) in [6.07, 6.45) is 2.98. The van der Waals surface area contributed by atoms with Gasteiger partial charge in [-0.15, -0.1) is 0 Å². The fourth-order valence-electron chi connectivity index (χ4n) is 6.32. The summed E-state index contributed by atoms with van der Waals surface area (Å²) in [5.74, 6) is -2.95. The minimum atomic E-state index is -1.13. The Balaban J connectivity index is 1.35. The van der Waals surface area contributed by atoms with Crippen molar-refractivity contribution in [1.82, 2.24) is 0 Å². The van der Waals surface area contributed by atoms with Crippen molar-refractivity contribution in [3.8, 4) is 5.75 Å². The maximum absolute atomic E-state index is 13.2. The SMILES string of the molecule is CC1(C)OC(/C=C2\N=C(c3cc([N+](=O)[O-])ccc3COC3CCCCO3)OC2=O)C2CC(=O)c3c(O)cccc3C2(C)O1. The van der Waals surface area contributed by atoms with Gasteiger partial charge in [0.15, 0.2) is 23.6 Å². The molecule has 12 nitrogen and oxygen atoms in total. The summed E-state index contributed by atoms with van der Waals surface area (Å²) in [5.41, 5.74) is 0.237. The van der Waals surface area contributed by atoms with Gasteiger partial charge in [0, 0.05) is 36.6 Å². The topological polar surface area (TPSA) is 156 Å². The lowest BCUT2D eigenvalue weighted by atomic mass is 9.68. The Bertz CT molecular complexity index is 1560. The van der Waals surface area contributed by atoms with E-state index in [2.05, 4.69) is 4.99 Å². The molecule has 43 heavy (non-hydrogen) atoms. The van der Waals surface area contributed by atoms with Gasteiger partial charge in [0.1, 0.15) is 11.4 Å². The first-order valence-corrected chi connectivity index (χ1v) is 14.2. The Hall–Kier alpha value is -3.97. The summed E-state index contributed by atoms with van der Waals surface area (Å²) in [5, 5.41) is 22.0. The molecule has 1 N–H and O–H groups in total. The molecule has 0 saturated carbocycles. The molecule has 2 fully saturated rings. The van der Waals surface area contributed by atoms with Gasteiger partial charge >= 0.3 is 5.97 Å². The van der Waals surface area contributed by atoms with Crippen LogP contribution in [0.4, 0.5) is 5.69 Å². The van der Waals surface area contributed by atoms with Crippen molar-refractivity contribution >= 4 is 23.3 Å². The second-order valence-corrected chi connectivity index (χ2v) is 11.7. The van der Waals surface area contributed by atoms with Crippen molar-refractivity contribution in [2.45, 2.75) is 76.8 Å². The number of carbonyl (C=O) groups excluding carboxylic acids is 2. The lowest BCUT2D eigenvalue weighted by Crippen LogP contribution is -2.57. The number of Topliss-reactive ketones (excluding diaryl/α,β-unsaturated/α-hetero) is 1. The number of esters is 1. The zero-order chi connectivity index (χ0) is 30.5.